The Bertz CT molecular complexity index is 281. The summed E-state index contributed by atoms with van der Waals surface area (Å²) in [6.45, 7) is 4.81. The maximum Gasteiger partial charge on any atom is 0.169 e. The predicted octanol–water partition coefficient (Wildman–Crippen LogP) is 1.37. The normalized spacial score (nSPS) is 37.4. The van der Waals surface area contributed by atoms with Gasteiger partial charge in [0.25, 0.3) is 0 Å². The molecule has 0 aliphatic carbocycles. The second kappa shape index (κ2) is 4.70. The summed E-state index contributed by atoms with van der Waals surface area (Å²) in [5, 5.41) is 8.65. The van der Waals surface area contributed by atoms with Crippen LogP contribution in [0.5, 0.6) is 0 Å². The molecular formula is C12H20N2O2. The Hall–Kier alpha value is -0.630. The Morgan fingerprint density at radius 2 is 2.12 bits per heavy atom. The van der Waals surface area contributed by atoms with E-state index in [0.29, 0.717) is 18.9 Å². The molecule has 0 aromatic heterocycles. The van der Waals surface area contributed by atoms with Crippen molar-refractivity contribution in [3.05, 3.63) is 0 Å². The lowest BCUT2D eigenvalue weighted by Crippen LogP contribution is -2.43. The zero-order valence-corrected chi connectivity index (χ0v) is 10.1. The summed E-state index contributed by atoms with van der Waals surface area (Å²) in [6.07, 6.45) is 2.63. The highest BCUT2D eigenvalue weighted by Crippen LogP contribution is 2.37. The van der Waals surface area contributed by atoms with Crippen molar-refractivity contribution in [2.75, 3.05) is 26.7 Å². The number of hydrogen-bond acceptors (Lipinski definition) is 4. The first-order chi connectivity index (χ1) is 7.64. The van der Waals surface area contributed by atoms with E-state index in [1.807, 2.05) is 6.92 Å². The molecule has 0 N–H and O–H groups in total. The van der Waals surface area contributed by atoms with Crippen molar-refractivity contribution in [3.63, 3.8) is 0 Å². The molecule has 90 valence electrons. The van der Waals surface area contributed by atoms with Crippen LogP contribution in [-0.4, -0.2) is 43.5 Å². The fourth-order valence-electron chi connectivity index (χ4n) is 2.61. The second-order valence-corrected chi connectivity index (χ2v) is 5.01. The SMILES string of the molecule is CN1CCC(C2(C)OCC(CC#N)O2)CC1. The maximum atomic E-state index is 8.65. The summed E-state index contributed by atoms with van der Waals surface area (Å²) in [7, 11) is 2.15. The third-order valence-corrected chi connectivity index (χ3v) is 3.74. The first-order valence-electron chi connectivity index (χ1n) is 6.01. The molecule has 0 bridgehead atoms. The van der Waals surface area contributed by atoms with Crippen molar-refractivity contribution in [2.45, 2.75) is 38.1 Å². The molecule has 0 radical (unpaired) electrons. The van der Waals surface area contributed by atoms with Gasteiger partial charge in [0.15, 0.2) is 5.79 Å². The van der Waals surface area contributed by atoms with Crippen LogP contribution in [0.1, 0.15) is 26.2 Å². The van der Waals surface area contributed by atoms with E-state index in [0.717, 1.165) is 25.9 Å². The van der Waals surface area contributed by atoms with Crippen molar-refractivity contribution < 1.29 is 9.47 Å². The molecule has 0 spiro atoms. The third kappa shape index (κ3) is 2.37. The number of likely N-dealkylation sites (tertiary alicyclic amines) is 1. The molecule has 0 amide bonds. The highest BCUT2D eigenvalue weighted by Gasteiger charge is 2.44. The molecule has 2 aliphatic heterocycles. The van der Waals surface area contributed by atoms with Crippen LogP contribution in [0.2, 0.25) is 0 Å². The summed E-state index contributed by atoms with van der Waals surface area (Å²) in [6, 6.07) is 2.14. The first kappa shape index (κ1) is 11.8. The quantitative estimate of drug-likeness (QED) is 0.710. The van der Waals surface area contributed by atoms with Crippen molar-refractivity contribution in [1.29, 1.82) is 5.26 Å². The molecule has 2 heterocycles. The van der Waals surface area contributed by atoms with E-state index in [4.69, 9.17) is 14.7 Å². The smallest absolute Gasteiger partial charge is 0.169 e. The number of piperidine rings is 1. The molecule has 4 nitrogen and oxygen atoms in total. The molecule has 0 aromatic rings. The van der Waals surface area contributed by atoms with Crippen molar-refractivity contribution in [2.24, 2.45) is 5.92 Å². The van der Waals surface area contributed by atoms with Gasteiger partial charge >= 0.3 is 0 Å². The molecule has 0 aromatic carbocycles. The van der Waals surface area contributed by atoms with Crippen molar-refractivity contribution in [1.82, 2.24) is 4.90 Å². The number of hydrogen-bond donors (Lipinski definition) is 0. The lowest BCUT2D eigenvalue weighted by Gasteiger charge is -2.38. The Morgan fingerprint density at radius 3 is 2.75 bits per heavy atom. The standard InChI is InChI=1S/C12H20N2O2/c1-12(10-4-7-14(2)8-5-10)15-9-11(16-12)3-6-13/h10-11H,3-5,7-9H2,1-2H3. The number of rotatable bonds is 2. The maximum absolute atomic E-state index is 8.65. The number of ether oxygens (including phenoxy) is 2. The van der Waals surface area contributed by atoms with Crippen LogP contribution in [0.3, 0.4) is 0 Å². The van der Waals surface area contributed by atoms with Gasteiger partial charge in [-0.3, -0.25) is 0 Å². The summed E-state index contributed by atoms with van der Waals surface area (Å²) < 4.78 is 11.7. The minimum atomic E-state index is -0.456. The first-order valence-corrected chi connectivity index (χ1v) is 6.01. The molecule has 2 unspecified atom stereocenters. The highest BCUT2D eigenvalue weighted by molar-refractivity contribution is 4.88. The average Bonchev–Trinajstić information content (AvgIpc) is 2.63. The lowest BCUT2D eigenvalue weighted by atomic mass is 9.89. The van der Waals surface area contributed by atoms with Gasteiger partial charge in [-0.25, -0.2) is 0 Å². The lowest BCUT2D eigenvalue weighted by molar-refractivity contribution is -0.199. The summed E-state index contributed by atoms with van der Waals surface area (Å²) in [5.41, 5.74) is 0. The van der Waals surface area contributed by atoms with Gasteiger partial charge in [0.05, 0.1) is 25.2 Å². The number of nitriles is 1. The zero-order valence-electron chi connectivity index (χ0n) is 10.1. The summed E-state index contributed by atoms with van der Waals surface area (Å²) in [4.78, 5) is 2.33. The minimum Gasteiger partial charge on any atom is -0.347 e. The van der Waals surface area contributed by atoms with Crippen LogP contribution in [-0.2, 0) is 9.47 Å². The van der Waals surface area contributed by atoms with Gasteiger partial charge in [-0.2, -0.15) is 5.26 Å². The van der Waals surface area contributed by atoms with E-state index < -0.39 is 5.79 Å². The minimum absolute atomic E-state index is 0.0327. The Morgan fingerprint density at radius 1 is 1.44 bits per heavy atom. The number of nitrogens with zero attached hydrogens (tertiary/aromatic N) is 2. The topological polar surface area (TPSA) is 45.5 Å². The van der Waals surface area contributed by atoms with E-state index >= 15 is 0 Å². The second-order valence-electron chi connectivity index (χ2n) is 5.01. The molecular weight excluding hydrogens is 204 g/mol. The average molecular weight is 224 g/mol. The van der Waals surface area contributed by atoms with Gasteiger partial charge in [0, 0.05) is 5.92 Å². The Labute approximate surface area is 97.1 Å². The molecule has 2 saturated heterocycles. The highest BCUT2D eigenvalue weighted by atomic mass is 16.7. The van der Waals surface area contributed by atoms with E-state index in [1.165, 1.54) is 0 Å². The van der Waals surface area contributed by atoms with Gasteiger partial charge in [-0.1, -0.05) is 0 Å². The van der Waals surface area contributed by atoms with E-state index in [9.17, 15) is 0 Å². The fraction of sp³-hybridized carbons (Fsp3) is 0.917. The molecule has 0 saturated carbocycles. The van der Waals surface area contributed by atoms with E-state index in [2.05, 4.69) is 18.0 Å². The monoisotopic (exact) mass is 224 g/mol. The van der Waals surface area contributed by atoms with Crippen LogP contribution >= 0.6 is 0 Å². The summed E-state index contributed by atoms with van der Waals surface area (Å²) >= 11 is 0. The van der Waals surface area contributed by atoms with Crippen LogP contribution in [0.15, 0.2) is 0 Å². The third-order valence-electron chi connectivity index (χ3n) is 3.74. The van der Waals surface area contributed by atoms with Crippen molar-refractivity contribution in [3.8, 4) is 6.07 Å². The molecule has 4 heteroatoms. The van der Waals surface area contributed by atoms with E-state index in [-0.39, 0.29) is 6.10 Å². The largest absolute Gasteiger partial charge is 0.347 e. The van der Waals surface area contributed by atoms with Gasteiger partial charge in [0.1, 0.15) is 0 Å². The zero-order chi connectivity index (χ0) is 11.6. The van der Waals surface area contributed by atoms with Crippen molar-refractivity contribution >= 4 is 0 Å². The predicted molar refractivity (Wildman–Crippen MR) is 59.7 cm³/mol. The van der Waals surface area contributed by atoms with Gasteiger partial charge < -0.3 is 14.4 Å². The Balaban J connectivity index is 1.91. The van der Waals surface area contributed by atoms with Crippen LogP contribution in [0.25, 0.3) is 0 Å². The van der Waals surface area contributed by atoms with Crippen LogP contribution < -0.4 is 0 Å². The van der Waals surface area contributed by atoms with Gasteiger partial charge in [0.2, 0.25) is 0 Å². The summed E-state index contributed by atoms with van der Waals surface area (Å²) in [5.74, 6) is 0.00960. The molecule has 2 rings (SSSR count). The molecule has 2 aliphatic rings. The molecule has 16 heavy (non-hydrogen) atoms. The molecule has 2 atom stereocenters. The van der Waals surface area contributed by atoms with E-state index in [1.54, 1.807) is 0 Å². The van der Waals surface area contributed by atoms with Gasteiger partial charge in [-0.15, -0.1) is 0 Å². The fourth-order valence-corrected chi connectivity index (χ4v) is 2.61. The molecule has 2 fully saturated rings. The van der Waals surface area contributed by atoms with Crippen LogP contribution in [0.4, 0.5) is 0 Å². The van der Waals surface area contributed by atoms with Gasteiger partial charge in [-0.05, 0) is 39.9 Å². The van der Waals surface area contributed by atoms with Crippen LogP contribution in [0, 0.1) is 17.2 Å². The Kier molecular flexibility index (Phi) is 3.48.